The molecule has 2 aromatic carbocycles. The number of amides is 1. The van der Waals surface area contributed by atoms with Gasteiger partial charge in [-0.3, -0.25) is 14.7 Å². The summed E-state index contributed by atoms with van der Waals surface area (Å²) in [5.41, 5.74) is -0.356. The molecule has 4 aliphatic heterocycles. The molecule has 3 atom stereocenters. The zero-order valence-corrected chi connectivity index (χ0v) is 33.2. The number of carbonyl (C=O) groups is 1. The summed E-state index contributed by atoms with van der Waals surface area (Å²) in [5.74, 6) is 1.30. The topological polar surface area (TPSA) is 116 Å². The first-order valence-electron chi connectivity index (χ1n) is 19.7. The number of hydrogen-bond acceptors (Lipinski definition) is 10. The summed E-state index contributed by atoms with van der Waals surface area (Å²) in [7, 11) is 1.80. The van der Waals surface area contributed by atoms with Crippen LogP contribution < -0.4 is 15.0 Å². The molecule has 0 aliphatic carbocycles. The first-order chi connectivity index (χ1) is 26.7. The largest absolute Gasteiger partial charge is 0.508 e. The van der Waals surface area contributed by atoms with E-state index in [0.717, 1.165) is 32.4 Å². The average molecular weight is 760 g/mol. The zero-order valence-electron chi connectivity index (χ0n) is 33.2. The molecule has 13 heteroatoms. The van der Waals surface area contributed by atoms with Gasteiger partial charge in [0.25, 0.3) is 0 Å². The molecule has 2 aromatic heterocycles. The summed E-state index contributed by atoms with van der Waals surface area (Å²) < 4.78 is 44.4. The van der Waals surface area contributed by atoms with Gasteiger partial charge >= 0.3 is 6.01 Å². The number of rotatable bonds is 1. The number of hydrogen-bond donors (Lipinski definition) is 2. The minimum atomic E-state index is -0.775. The van der Waals surface area contributed by atoms with Crippen LogP contribution in [0, 0.1) is 24.0 Å². The fourth-order valence-corrected chi connectivity index (χ4v) is 8.12. The van der Waals surface area contributed by atoms with Crippen LogP contribution in [-0.2, 0) is 9.53 Å². The highest BCUT2D eigenvalue weighted by atomic mass is 19.1. The number of likely N-dealkylation sites (N-methyl/N-ethyl adjacent to an activating group) is 1. The van der Waals surface area contributed by atoms with Gasteiger partial charge < -0.3 is 29.7 Å². The second-order valence-corrected chi connectivity index (χ2v) is 13.6. The number of carbonyl (C=O) groups excluding carboxylic acids is 1. The number of aromatic hydroxyl groups is 1. The van der Waals surface area contributed by atoms with Crippen LogP contribution in [0.5, 0.6) is 11.8 Å². The van der Waals surface area contributed by atoms with E-state index in [9.17, 15) is 14.3 Å². The summed E-state index contributed by atoms with van der Waals surface area (Å²) in [4.78, 5) is 33.2. The predicted octanol–water partition coefficient (Wildman–Crippen LogP) is 6.53. The maximum absolute atomic E-state index is 16.9. The summed E-state index contributed by atoms with van der Waals surface area (Å²) in [6, 6.07) is 5.43. The minimum absolute atomic E-state index is 0.0145. The van der Waals surface area contributed by atoms with Crippen molar-refractivity contribution in [1.29, 1.82) is 0 Å². The Bertz CT molecular complexity index is 2020. The Balaban J connectivity index is 0.000000923. The quantitative estimate of drug-likeness (QED) is 0.208. The number of ether oxygens (including phenoxy) is 2. The molecule has 11 nitrogen and oxygen atoms in total. The first kappa shape index (κ1) is 41.5. The molecule has 8 rings (SSSR count). The van der Waals surface area contributed by atoms with E-state index in [1.54, 1.807) is 11.9 Å². The van der Waals surface area contributed by atoms with Gasteiger partial charge in [0.1, 0.15) is 35.2 Å². The van der Waals surface area contributed by atoms with Gasteiger partial charge in [-0.25, -0.2) is 8.78 Å². The fourth-order valence-electron chi connectivity index (χ4n) is 8.12. The Kier molecular flexibility index (Phi) is 13.8. The van der Waals surface area contributed by atoms with Gasteiger partial charge in [-0.2, -0.15) is 9.97 Å². The molecule has 0 radical (unpaired) electrons. The number of halogens is 2. The van der Waals surface area contributed by atoms with Crippen molar-refractivity contribution < 1.29 is 28.2 Å². The molecule has 3 saturated heterocycles. The standard InChI is InChI=1S/C36H37F2N7O4.3C2H6/c1-3-25-28(37)6-5-21-13-23(46)14-26(30(21)25)32-31(38)33-27(16-40-32)34-42-35(41-33)49-20-36-8-4-10-45(36)19-24(15-36)48-12-7-29(47)43(2)17-22-18-44(34)11-9-39-22;3*1-2/h1,5-6,13-14,16,22,24,39,46H,4,7-12,15,17-20H2,2H3;3*1-2H3. The molecule has 6 heterocycles. The van der Waals surface area contributed by atoms with E-state index in [2.05, 4.69) is 26.1 Å². The molecule has 3 fully saturated rings. The van der Waals surface area contributed by atoms with Gasteiger partial charge in [-0.15, -0.1) is 6.42 Å². The minimum Gasteiger partial charge on any atom is -0.508 e. The molecular formula is C42H55F2N7O4. The van der Waals surface area contributed by atoms with Crippen LogP contribution in [0.15, 0.2) is 30.5 Å². The molecule has 4 aromatic rings. The van der Waals surface area contributed by atoms with Crippen LogP contribution in [-0.4, -0.2) is 113 Å². The summed E-state index contributed by atoms with van der Waals surface area (Å²) in [5, 5.41) is 15.2. The predicted molar refractivity (Wildman–Crippen MR) is 213 cm³/mol. The molecule has 4 aliphatic rings. The molecule has 55 heavy (non-hydrogen) atoms. The summed E-state index contributed by atoms with van der Waals surface area (Å²) >= 11 is 0. The third-order valence-electron chi connectivity index (χ3n) is 10.5. The van der Waals surface area contributed by atoms with Crippen molar-refractivity contribution in [1.82, 2.24) is 30.1 Å². The summed E-state index contributed by atoms with van der Waals surface area (Å²) in [6.45, 7) is 16.5. The lowest BCUT2D eigenvalue weighted by Crippen LogP contribution is -2.55. The van der Waals surface area contributed by atoms with E-state index >= 15 is 4.39 Å². The number of piperazine rings is 1. The van der Waals surface area contributed by atoms with E-state index in [4.69, 9.17) is 20.9 Å². The van der Waals surface area contributed by atoms with E-state index in [-0.39, 0.29) is 63.1 Å². The van der Waals surface area contributed by atoms with Crippen LogP contribution in [0.3, 0.4) is 0 Å². The van der Waals surface area contributed by atoms with E-state index < -0.39 is 11.6 Å². The monoisotopic (exact) mass is 759 g/mol. The van der Waals surface area contributed by atoms with Gasteiger partial charge in [0.15, 0.2) is 5.82 Å². The number of fused-ring (bicyclic) bond motifs is 9. The molecule has 1 spiro atoms. The number of nitrogens with zero attached hydrogens (tertiary/aromatic N) is 6. The molecule has 0 saturated carbocycles. The number of phenols is 1. The Morgan fingerprint density at radius 3 is 2.60 bits per heavy atom. The van der Waals surface area contributed by atoms with Crippen molar-refractivity contribution >= 4 is 33.4 Å². The molecule has 296 valence electrons. The first-order valence-corrected chi connectivity index (χ1v) is 19.7. The molecular weight excluding hydrogens is 705 g/mol. The zero-order chi connectivity index (χ0) is 39.9. The van der Waals surface area contributed by atoms with Crippen LogP contribution in [0.25, 0.3) is 32.9 Å². The van der Waals surface area contributed by atoms with E-state index in [1.165, 1.54) is 30.5 Å². The highest BCUT2D eigenvalue weighted by molar-refractivity contribution is 6.03. The fraction of sp³-hybridized carbons (Fsp3) is 0.524. The smallest absolute Gasteiger partial charge is 0.319 e. The van der Waals surface area contributed by atoms with Gasteiger partial charge in [-0.1, -0.05) is 53.5 Å². The SMILES string of the molecule is C#Cc1c(F)ccc2cc(O)cc(-c3ncc4c5nc(nc4c3F)OCC34CCCN3CC(C4)OCCC(=O)N(C)CC3CN5CCN3)c12.CC.CC.CC. The van der Waals surface area contributed by atoms with Crippen molar-refractivity contribution in [3.63, 3.8) is 0 Å². The van der Waals surface area contributed by atoms with Crippen LogP contribution in [0.1, 0.15) is 72.8 Å². The number of terminal acetylenes is 1. The Morgan fingerprint density at radius 2 is 1.84 bits per heavy atom. The molecule has 1 amide bonds. The Labute approximate surface area is 323 Å². The van der Waals surface area contributed by atoms with Gasteiger partial charge in [0.05, 0.1) is 35.6 Å². The van der Waals surface area contributed by atoms with Crippen molar-refractivity contribution in [2.75, 3.05) is 64.4 Å². The van der Waals surface area contributed by atoms with Crippen molar-refractivity contribution in [2.24, 2.45) is 0 Å². The van der Waals surface area contributed by atoms with E-state index in [1.807, 2.05) is 46.4 Å². The normalized spacial score (nSPS) is 22.5. The lowest BCUT2D eigenvalue weighted by Gasteiger charge is -2.36. The molecule has 6 bridgehead atoms. The molecule has 3 unspecified atom stereocenters. The highest BCUT2D eigenvalue weighted by Crippen LogP contribution is 2.42. The number of aromatic nitrogens is 3. The number of pyridine rings is 1. The van der Waals surface area contributed by atoms with Crippen LogP contribution in [0.2, 0.25) is 0 Å². The number of anilines is 1. The van der Waals surface area contributed by atoms with Crippen molar-refractivity contribution in [3.05, 3.63) is 47.7 Å². The summed E-state index contributed by atoms with van der Waals surface area (Å²) in [6.07, 6.45) is 10.2. The highest BCUT2D eigenvalue weighted by Gasteiger charge is 2.49. The Morgan fingerprint density at radius 1 is 1.05 bits per heavy atom. The van der Waals surface area contributed by atoms with Crippen LogP contribution in [0.4, 0.5) is 14.6 Å². The number of nitrogens with one attached hydrogen (secondary N) is 1. The third kappa shape index (κ3) is 8.32. The Hall–Kier alpha value is -4.64. The number of benzene rings is 2. The van der Waals surface area contributed by atoms with Crippen LogP contribution >= 0.6 is 0 Å². The second kappa shape index (κ2) is 18.3. The number of phenolic OH excluding ortho intramolecular Hbond substituents is 1. The maximum atomic E-state index is 16.9. The third-order valence-corrected chi connectivity index (χ3v) is 10.5. The lowest BCUT2D eigenvalue weighted by atomic mass is 9.94. The van der Waals surface area contributed by atoms with Crippen molar-refractivity contribution in [2.45, 2.75) is 84.9 Å². The van der Waals surface area contributed by atoms with Gasteiger partial charge in [0.2, 0.25) is 5.91 Å². The van der Waals surface area contributed by atoms with Gasteiger partial charge in [0, 0.05) is 63.0 Å². The van der Waals surface area contributed by atoms with Crippen molar-refractivity contribution in [3.8, 4) is 35.4 Å². The molecule has 2 N–H and O–H groups in total. The van der Waals surface area contributed by atoms with E-state index in [0.29, 0.717) is 62.4 Å². The maximum Gasteiger partial charge on any atom is 0.319 e. The van der Waals surface area contributed by atoms with Gasteiger partial charge in [-0.05, 0) is 49.4 Å². The lowest BCUT2D eigenvalue weighted by molar-refractivity contribution is -0.131. The second-order valence-electron chi connectivity index (χ2n) is 13.6. The average Bonchev–Trinajstić information content (AvgIpc) is 3.76.